The van der Waals surface area contributed by atoms with Crippen LogP contribution >= 0.6 is 0 Å². The number of carboxylic acid groups (broad SMARTS) is 1. The largest absolute Gasteiger partial charge is 0.476 e. The second kappa shape index (κ2) is 3.61. The minimum absolute atomic E-state index is 0.0958. The number of nitrogens with zero attached hydrogens (tertiary/aromatic N) is 2. The average molecular weight is 206 g/mol. The molecule has 0 aromatic carbocycles. The van der Waals surface area contributed by atoms with Gasteiger partial charge in [0.2, 0.25) is 0 Å². The number of aromatic nitrogens is 2. The molecule has 0 spiro atoms. The van der Waals surface area contributed by atoms with Crippen LogP contribution in [0.1, 0.15) is 21.6 Å². The molecule has 0 saturated heterocycles. The maximum Gasteiger partial charge on any atom is 0.356 e. The number of aromatic carboxylic acids is 1. The van der Waals surface area contributed by atoms with Crippen molar-refractivity contribution in [1.82, 2.24) is 9.78 Å². The Kier molecular flexibility index (Phi) is 2.29. The van der Waals surface area contributed by atoms with E-state index in [4.69, 9.17) is 9.52 Å². The van der Waals surface area contributed by atoms with Crippen LogP contribution in [0.5, 0.6) is 0 Å². The predicted octanol–water partition coefficient (Wildman–Crippen LogP) is 1.53. The first-order valence-electron chi connectivity index (χ1n) is 4.45. The molecule has 2 heterocycles. The second-order valence-electron chi connectivity index (χ2n) is 3.30. The number of hydrogen-bond acceptors (Lipinski definition) is 3. The molecule has 2 aromatic rings. The zero-order chi connectivity index (χ0) is 10.8. The van der Waals surface area contributed by atoms with Crippen LogP contribution in [0.15, 0.2) is 29.2 Å². The van der Waals surface area contributed by atoms with Crippen molar-refractivity contribution in [3.8, 4) is 0 Å². The number of hydrogen-bond donors (Lipinski definition) is 1. The molecule has 2 aromatic heterocycles. The Morgan fingerprint density at radius 3 is 3.00 bits per heavy atom. The third kappa shape index (κ3) is 1.90. The Hall–Kier alpha value is -2.04. The Balaban J connectivity index is 2.23. The Morgan fingerprint density at radius 1 is 1.67 bits per heavy atom. The summed E-state index contributed by atoms with van der Waals surface area (Å²) in [5, 5.41) is 12.8. The van der Waals surface area contributed by atoms with Gasteiger partial charge >= 0.3 is 5.97 Å². The summed E-state index contributed by atoms with van der Waals surface area (Å²) in [5.74, 6) is -1.00. The molecular formula is C10H10N2O3. The zero-order valence-electron chi connectivity index (χ0n) is 8.17. The maximum absolute atomic E-state index is 10.7. The highest BCUT2D eigenvalue weighted by molar-refractivity contribution is 5.86. The smallest absolute Gasteiger partial charge is 0.356 e. The van der Waals surface area contributed by atoms with E-state index in [0.29, 0.717) is 12.1 Å². The van der Waals surface area contributed by atoms with Gasteiger partial charge in [-0.1, -0.05) is 0 Å². The van der Waals surface area contributed by atoms with Gasteiger partial charge in [0.15, 0.2) is 5.69 Å². The van der Waals surface area contributed by atoms with E-state index < -0.39 is 5.97 Å². The fraction of sp³-hybridized carbons (Fsp3) is 0.200. The third-order valence-electron chi connectivity index (χ3n) is 2.07. The van der Waals surface area contributed by atoms with Gasteiger partial charge in [-0.2, -0.15) is 5.10 Å². The lowest BCUT2D eigenvalue weighted by Crippen LogP contribution is -2.03. The van der Waals surface area contributed by atoms with E-state index in [0.717, 1.165) is 5.56 Å². The molecule has 0 atom stereocenters. The van der Waals surface area contributed by atoms with Crippen molar-refractivity contribution < 1.29 is 14.3 Å². The van der Waals surface area contributed by atoms with Crippen molar-refractivity contribution in [2.75, 3.05) is 0 Å². The molecule has 0 amide bonds. The molecule has 0 aliphatic heterocycles. The van der Waals surface area contributed by atoms with Gasteiger partial charge < -0.3 is 9.52 Å². The van der Waals surface area contributed by atoms with Crippen molar-refractivity contribution in [2.24, 2.45) is 0 Å². The highest BCUT2D eigenvalue weighted by atomic mass is 16.4. The lowest BCUT2D eigenvalue weighted by Gasteiger charge is -1.95. The van der Waals surface area contributed by atoms with Crippen LogP contribution in [0.25, 0.3) is 0 Å². The molecule has 0 unspecified atom stereocenters. The molecular weight excluding hydrogens is 196 g/mol. The van der Waals surface area contributed by atoms with Gasteiger partial charge in [0.25, 0.3) is 0 Å². The molecule has 0 aliphatic rings. The summed E-state index contributed by atoms with van der Waals surface area (Å²) >= 11 is 0. The second-order valence-corrected chi connectivity index (χ2v) is 3.30. The number of rotatable bonds is 3. The summed E-state index contributed by atoms with van der Waals surface area (Å²) in [4.78, 5) is 10.7. The van der Waals surface area contributed by atoms with Gasteiger partial charge in [-0.3, -0.25) is 4.68 Å². The van der Waals surface area contributed by atoms with Gasteiger partial charge in [-0.05, 0) is 13.0 Å². The minimum atomic E-state index is -1.00. The van der Waals surface area contributed by atoms with E-state index in [1.807, 2.05) is 6.07 Å². The summed E-state index contributed by atoms with van der Waals surface area (Å²) in [5.41, 5.74) is 1.71. The first kappa shape index (κ1) is 9.51. The number of furan rings is 1. The van der Waals surface area contributed by atoms with E-state index in [1.165, 1.54) is 0 Å². The molecule has 78 valence electrons. The summed E-state index contributed by atoms with van der Waals surface area (Å²) in [6, 6.07) is 1.82. The normalized spacial score (nSPS) is 10.5. The molecule has 0 saturated carbocycles. The average Bonchev–Trinajstić information content (AvgIpc) is 2.75. The fourth-order valence-electron chi connectivity index (χ4n) is 1.38. The molecule has 5 heteroatoms. The summed E-state index contributed by atoms with van der Waals surface area (Å²) in [7, 11) is 0. The van der Waals surface area contributed by atoms with Crippen molar-refractivity contribution in [2.45, 2.75) is 13.5 Å². The molecule has 0 radical (unpaired) electrons. The minimum Gasteiger partial charge on any atom is -0.476 e. The summed E-state index contributed by atoms with van der Waals surface area (Å²) in [6.45, 7) is 2.24. The Bertz CT molecular complexity index is 471. The number of aryl methyl sites for hydroxylation is 1. The first-order chi connectivity index (χ1) is 7.16. The maximum atomic E-state index is 10.7. The highest BCUT2D eigenvalue weighted by Crippen LogP contribution is 2.08. The van der Waals surface area contributed by atoms with Gasteiger partial charge in [0.1, 0.15) is 0 Å². The van der Waals surface area contributed by atoms with Gasteiger partial charge in [0, 0.05) is 17.3 Å². The van der Waals surface area contributed by atoms with Crippen molar-refractivity contribution in [3.05, 3.63) is 41.6 Å². The van der Waals surface area contributed by atoms with Crippen molar-refractivity contribution >= 4 is 5.97 Å². The summed E-state index contributed by atoms with van der Waals surface area (Å²) in [6.07, 6.45) is 4.89. The third-order valence-corrected chi connectivity index (χ3v) is 2.07. The van der Waals surface area contributed by atoms with Crippen LogP contribution in [-0.4, -0.2) is 20.9 Å². The van der Waals surface area contributed by atoms with Crippen LogP contribution in [0.2, 0.25) is 0 Å². The zero-order valence-corrected chi connectivity index (χ0v) is 8.17. The quantitative estimate of drug-likeness (QED) is 0.826. The first-order valence-corrected chi connectivity index (χ1v) is 4.45. The molecule has 2 rings (SSSR count). The molecule has 0 bridgehead atoms. The van der Waals surface area contributed by atoms with E-state index in [1.54, 1.807) is 30.3 Å². The highest BCUT2D eigenvalue weighted by Gasteiger charge is 2.12. The lowest BCUT2D eigenvalue weighted by molar-refractivity contribution is 0.0688. The van der Waals surface area contributed by atoms with E-state index in [2.05, 4.69) is 5.10 Å². The number of carboxylic acids is 1. The van der Waals surface area contributed by atoms with Crippen molar-refractivity contribution in [3.63, 3.8) is 0 Å². The van der Waals surface area contributed by atoms with Crippen LogP contribution < -0.4 is 0 Å². The van der Waals surface area contributed by atoms with Gasteiger partial charge in [-0.25, -0.2) is 4.79 Å². The van der Waals surface area contributed by atoms with Crippen LogP contribution in [0.3, 0.4) is 0 Å². The summed E-state index contributed by atoms with van der Waals surface area (Å²) < 4.78 is 6.50. The monoisotopic (exact) mass is 206 g/mol. The van der Waals surface area contributed by atoms with Crippen molar-refractivity contribution in [1.29, 1.82) is 0 Å². The van der Waals surface area contributed by atoms with E-state index >= 15 is 0 Å². The van der Waals surface area contributed by atoms with Crippen LogP contribution in [0, 0.1) is 6.92 Å². The van der Waals surface area contributed by atoms with E-state index in [9.17, 15) is 4.79 Å². The van der Waals surface area contributed by atoms with Gasteiger partial charge in [0.05, 0.1) is 19.1 Å². The Morgan fingerprint density at radius 2 is 2.47 bits per heavy atom. The fourth-order valence-corrected chi connectivity index (χ4v) is 1.38. The van der Waals surface area contributed by atoms with Gasteiger partial charge in [-0.15, -0.1) is 0 Å². The lowest BCUT2D eigenvalue weighted by atomic mass is 10.3. The Labute approximate surface area is 85.9 Å². The SMILES string of the molecule is Cc1cn(Cc2ccoc2)nc1C(=O)O. The van der Waals surface area contributed by atoms with Crippen LogP contribution in [-0.2, 0) is 6.54 Å². The van der Waals surface area contributed by atoms with Crippen LogP contribution in [0.4, 0.5) is 0 Å². The molecule has 0 aliphatic carbocycles. The predicted molar refractivity (Wildman–Crippen MR) is 51.7 cm³/mol. The molecule has 1 N–H and O–H groups in total. The number of carbonyl (C=O) groups is 1. The molecule has 0 fully saturated rings. The molecule has 5 nitrogen and oxygen atoms in total. The molecule has 15 heavy (non-hydrogen) atoms. The topological polar surface area (TPSA) is 68.3 Å². The standard InChI is InChI=1S/C10H10N2O3/c1-7-4-12(11-9(7)10(13)14)5-8-2-3-15-6-8/h2-4,6H,5H2,1H3,(H,13,14). The van der Waals surface area contributed by atoms with E-state index in [-0.39, 0.29) is 5.69 Å².